The summed E-state index contributed by atoms with van der Waals surface area (Å²) in [5.74, 6) is -1.24. The second-order valence-corrected chi connectivity index (χ2v) is 4.13. The Morgan fingerprint density at radius 3 is 2.06 bits per heavy atom. The number of hydrogen-bond donors (Lipinski definition) is 2. The molecule has 0 fully saturated rings. The first-order chi connectivity index (χ1) is 8.52. The maximum atomic E-state index is 12.2. The van der Waals surface area contributed by atoms with E-state index >= 15 is 0 Å². The van der Waals surface area contributed by atoms with Crippen molar-refractivity contribution < 1.29 is 14.7 Å². The van der Waals surface area contributed by atoms with E-state index in [1.165, 1.54) is 0 Å². The summed E-state index contributed by atoms with van der Waals surface area (Å²) in [7, 11) is 0. The van der Waals surface area contributed by atoms with Gasteiger partial charge >= 0.3 is 5.97 Å². The SMILES string of the molecule is Cc1c(C(=O)O)[nH]c(C(=O)c2ccccc2)c1C. The number of nitrogens with one attached hydrogen (secondary N) is 1. The van der Waals surface area contributed by atoms with Crippen molar-refractivity contribution in [1.82, 2.24) is 4.98 Å². The smallest absolute Gasteiger partial charge is 0.352 e. The molecule has 18 heavy (non-hydrogen) atoms. The maximum absolute atomic E-state index is 12.2. The molecule has 4 heteroatoms. The lowest BCUT2D eigenvalue weighted by atomic mass is 10.0. The molecule has 0 unspecified atom stereocenters. The average molecular weight is 243 g/mol. The van der Waals surface area contributed by atoms with Crippen LogP contribution in [0.15, 0.2) is 30.3 Å². The molecule has 1 aromatic carbocycles. The van der Waals surface area contributed by atoms with Crippen molar-refractivity contribution in [3.63, 3.8) is 0 Å². The molecule has 0 aliphatic rings. The van der Waals surface area contributed by atoms with Crippen molar-refractivity contribution in [2.75, 3.05) is 0 Å². The number of rotatable bonds is 3. The molecule has 2 aromatic rings. The van der Waals surface area contributed by atoms with Gasteiger partial charge in [-0.05, 0) is 25.0 Å². The van der Waals surface area contributed by atoms with Gasteiger partial charge in [0.15, 0.2) is 0 Å². The highest BCUT2D eigenvalue weighted by Crippen LogP contribution is 2.20. The summed E-state index contributed by atoms with van der Waals surface area (Å²) in [6.07, 6.45) is 0. The van der Waals surface area contributed by atoms with Crippen LogP contribution in [0, 0.1) is 13.8 Å². The summed E-state index contributed by atoms with van der Waals surface area (Å²) in [5.41, 5.74) is 2.24. The molecular formula is C14H13NO3. The highest BCUT2D eigenvalue weighted by molar-refractivity contribution is 6.09. The lowest BCUT2D eigenvalue weighted by Gasteiger charge is -1.99. The van der Waals surface area contributed by atoms with Crippen LogP contribution in [0.5, 0.6) is 0 Å². The van der Waals surface area contributed by atoms with Crippen molar-refractivity contribution in [3.05, 3.63) is 58.4 Å². The van der Waals surface area contributed by atoms with E-state index < -0.39 is 5.97 Å². The Labute approximate surface area is 104 Å². The fourth-order valence-electron chi connectivity index (χ4n) is 1.86. The number of aromatic carboxylic acids is 1. The molecule has 0 spiro atoms. The number of carbonyl (C=O) groups is 2. The number of benzene rings is 1. The van der Waals surface area contributed by atoms with Crippen molar-refractivity contribution in [2.24, 2.45) is 0 Å². The van der Waals surface area contributed by atoms with Gasteiger partial charge in [0.05, 0.1) is 5.69 Å². The minimum absolute atomic E-state index is 0.0757. The standard InChI is InChI=1S/C14H13NO3/c1-8-9(2)12(14(17)18)15-11(8)13(16)10-6-4-3-5-7-10/h3-7,15H,1-2H3,(H,17,18). The Bertz CT molecular complexity index is 611. The van der Waals surface area contributed by atoms with Gasteiger partial charge < -0.3 is 10.1 Å². The van der Waals surface area contributed by atoms with Crippen LogP contribution in [-0.4, -0.2) is 21.8 Å². The summed E-state index contributed by atoms with van der Waals surface area (Å²) in [6.45, 7) is 3.44. The average Bonchev–Trinajstić information content (AvgIpc) is 2.67. The van der Waals surface area contributed by atoms with E-state index in [0.717, 1.165) is 0 Å². The zero-order chi connectivity index (χ0) is 13.3. The summed E-state index contributed by atoms with van der Waals surface area (Å²) in [4.78, 5) is 25.9. The summed E-state index contributed by atoms with van der Waals surface area (Å²) in [5, 5.41) is 9.01. The first-order valence-electron chi connectivity index (χ1n) is 5.54. The number of H-pyrrole nitrogens is 1. The molecule has 2 N–H and O–H groups in total. The summed E-state index contributed by atoms with van der Waals surface area (Å²) >= 11 is 0. The van der Waals surface area contributed by atoms with Gasteiger partial charge in [-0.25, -0.2) is 4.79 Å². The van der Waals surface area contributed by atoms with E-state index in [9.17, 15) is 9.59 Å². The Morgan fingerprint density at radius 2 is 1.56 bits per heavy atom. The van der Waals surface area contributed by atoms with Crippen molar-refractivity contribution >= 4 is 11.8 Å². The van der Waals surface area contributed by atoms with Gasteiger partial charge in [0.1, 0.15) is 5.69 Å². The second kappa shape index (κ2) is 4.49. The van der Waals surface area contributed by atoms with Crippen molar-refractivity contribution in [3.8, 4) is 0 Å². The molecule has 0 amide bonds. The lowest BCUT2D eigenvalue weighted by Crippen LogP contribution is -2.04. The monoisotopic (exact) mass is 243 g/mol. The van der Waals surface area contributed by atoms with Crippen molar-refractivity contribution in [1.29, 1.82) is 0 Å². The number of ketones is 1. The minimum atomic E-state index is -1.05. The largest absolute Gasteiger partial charge is 0.477 e. The molecule has 0 radical (unpaired) electrons. The molecule has 1 aromatic heterocycles. The first-order valence-corrected chi connectivity index (χ1v) is 5.54. The Morgan fingerprint density at radius 1 is 1.00 bits per heavy atom. The van der Waals surface area contributed by atoms with Gasteiger partial charge in [0.2, 0.25) is 5.78 Å². The molecule has 2 rings (SSSR count). The third-order valence-corrected chi connectivity index (χ3v) is 3.04. The van der Waals surface area contributed by atoms with Gasteiger partial charge in [-0.3, -0.25) is 4.79 Å². The third kappa shape index (κ3) is 1.93. The number of carbonyl (C=O) groups excluding carboxylic acids is 1. The Hall–Kier alpha value is -2.36. The molecule has 0 atom stereocenters. The van der Waals surface area contributed by atoms with E-state index in [-0.39, 0.29) is 11.5 Å². The molecular weight excluding hydrogens is 230 g/mol. The highest BCUT2D eigenvalue weighted by Gasteiger charge is 2.20. The van der Waals surface area contributed by atoms with Gasteiger partial charge in [-0.15, -0.1) is 0 Å². The van der Waals surface area contributed by atoms with Gasteiger partial charge in [0.25, 0.3) is 0 Å². The molecule has 0 aliphatic carbocycles. The highest BCUT2D eigenvalue weighted by atomic mass is 16.4. The predicted molar refractivity (Wildman–Crippen MR) is 67.1 cm³/mol. The van der Waals surface area contributed by atoms with Crippen LogP contribution in [0.1, 0.15) is 37.7 Å². The van der Waals surface area contributed by atoms with Crippen LogP contribution < -0.4 is 0 Å². The van der Waals surface area contributed by atoms with Crippen LogP contribution in [0.2, 0.25) is 0 Å². The fourth-order valence-corrected chi connectivity index (χ4v) is 1.86. The zero-order valence-electron chi connectivity index (χ0n) is 10.2. The van der Waals surface area contributed by atoms with Crippen LogP contribution in [-0.2, 0) is 0 Å². The molecule has 0 aliphatic heterocycles. The van der Waals surface area contributed by atoms with Gasteiger partial charge in [-0.2, -0.15) is 0 Å². The third-order valence-electron chi connectivity index (χ3n) is 3.04. The molecule has 0 saturated heterocycles. The van der Waals surface area contributed by atoms with Gasteiger partial charge in [0, 0.05) is 5.56 Å². The number of aromatic amines is 1. The number of carboxylic acid groups (broad SMARTS) is 1. The molecule has 4 nitrogen and oxygen atoms in total. The Balaban J connectivity index is 2.50. The number of hydrogen-bond acceptors (Lipinski definition) is 2. The minimum Gasteiger partial charge on any atom is -0.477 e. The maximum Gasteiger partial charge on any atom is 0.352 e. The summed E-state index contributed by atoms with van der Waals surface area (Å²) in [6, 6.07) is 8.79. The quantitative estimate of drug-likeness (QED) is 0.814. The lowest BCUT2D eigenvalue weighted by molar-refractivity contribution is 0.0690. The van der Waals surface area contributed by atoms with Crippen LogP contribution in [0.25, 0.3) is 0 Å². The van der Waals surface area contributed by atoms with Crippen LogP contribution >= 0.6 is 0 Å². The van der Waals surface area contributed by atoms with Gasteiger partial charge in [-0.1, -0.05) is 30.3 Å². The normalized spacial score (nSPS) is 10.3. The van der Waals surface area contributed by atoms with Crippen molar-refractivity contribution in [2.45, 2.75) is 13.8 Å². The van der Waals surface area contributed by atoms with Crippen LogP contribution in [0.3, 0.4) is 0 Å². The van der Waals surface area contributed by atoms with E-state index in [1.54, 1.807) is 38.1 Å². The molecule has 1 heterocycles. The van der Waals surface area contributed by atoms with Crippen LogP contribution in [0.4, 0.5) is 0 Å². The zero-order valence-corrected chi connectivity index (χ0v) is 10.2. The predicted octanol–water partition coefficient (Wildman–Crippen LogP) is 2.56. The second-order valence-electron chi connectivity index (χ2n) is 4.13. The Kier molecular flexibility index (Phi) is 3.02. The molecule has 0 bridgehead atoms. The molecule has 0 saturated carbocycles. The molecule has 92 valence electrons. The number of aromatic nitrogens is 1. The fraction of sp³-hybridized carbons (Fsp3) is 0.143. The van der Waals surface area contributed by atoms with E-state index in [2.05, 4.69) is 4.98 Å². The summed E-state index contributed by atoms with van der Waals surface area (Å²) < 4.78 is 0. The van der Waals surface area contributed by atoms with E-state index in [0.29, 0.717) is 22.4 Å². The number of carboxylic acids is 1. The first kappa shape index (κ1) is 12.1. The van der Waals surface area contributed by atoms with E-state index in [1.807, 2.05) is 6.07 Å². The van der Waals surface area contributed by atoms with E-state index in [4.69, 9.17) is 5.11 Å². The topological polar surface area (TPSA) is 70.2 Å².